The van der Waals surface area contributed by atoms with Crippen molar-refractivity contribution in [2.75, 3.05) is 0 Å². The van der Waals surface area contributed by atoms with Gasteiger partial charge in [-0.3, -0.25) is 5.10 Å². The quantitative estimate of drug-likeness (QED) is 0.824. The van der Waals surface area contributed by atoms with Crippen molar-refractivity contribution in [3.63, 3.8) is 0 Å². The Hall–Kier alpha value is -0.830. The van der Waals surface area contributed by atoms with E-state index in [0.29, 0.717) is 11.5 Å². The fraction of sp³-hybridized carbons (Fsp3) is 0.769. The third-order valence-corrected chi connectivity index (χ3v) is 3.85. The normalized spacial score (nSPS) is 21.2. The highest BCUT2D eigenvalue weighted by molar-refractivity contribution is 5.13. The average Bonchev–Trinajstić information content (AvgIpc) is 2.63. The Morgan fingerprint density at radius 2 is 2.12 bits per heavy atom. The van der Waals surface area contributed by atoms with Crippen molar-refractivity contribution >= 4 is 0 Å². The highest BCUT2D eigenvalue weighted by Crippen LogP contribution is 2.35. The molecule has 0 amide bonds. The molecule has 0 unspecified atom stereocenters. The Morgan fingerprint density at radius 3 is 2.69 bits per heavy atom. The highest BCUT2D eigenvalue weighted by Gasteiger charge is 2.26. The summed E-state index contributed by atoms with van der Waals surface area (Å²) in [4.78, 5) is 0. The lowest BCUT2D eigenvalue weighted by molar-refractivity contribution is 0.206. The maximum Gasteiger partial charge on any atom is 0.0535 e. The largest absolute Gasteiger partial charge is 0.310 e. The van der Waals surface area contributed by atoms with E-state index in [2.05, 4.69) is 36.3 Å². The second-order valence-corrected chi connectivity index (χ2v) is 5.84. The molecular formula is C13H23N3. The zero-order chi connectivity index (χ0) is 11.6. The molecule has 3 heteroatoms. The van der Waals surface area contributed by atoms with Gasteiger partial charge in [-0.2, -0.15) is 5.10 Å². The van der Waals surface area contributed by atoms with Crippen LogP contribution in [0.3, 0.4) is 0 Å². The summed E-state index contributed by atoms with van der Waals surface area (Å²) < 4.78 is 0. The van der Waals surface area contributed by atoms with Crippen LogP contribution in [-0.2, 0) is 6.54 Å². The molecule has 1 saturated carbocycles. The SMILES string of the molecule is Cc1[nH]ncc1CNC1CCC(C)(C)CC1. The van der Waals surface area contributed by atoms with Crippen LogP contribution in [-0.4, -0.2) is 16.2 Å². The molecule has 0 radical (unpaired) electrons. The Morgan fingerprint density at radius 1 is 1.44 bits per heavy atom. The van der Waals surface area contributed by atoms with Gasteiger partial charge in [-0.25, -0.2) is 0 Å². The van der Waals surface area contributed by atoms with Gasteiger partial charge in [0.05, 0.1) is 6.20 Å². The summed E-state index contributed by atoms with van der Waals surface area (Å²) in [5.41, 5.74) is 3.04. The molecule has 1 aliphatic carbocycles. The zero-order valence-electron chi connectivity index (χ0n) is 10.6. The molecule has 16 heavy (non-hydrogen) atoms. The predicted molar refractivity (Wildman–Crippen MR) is 66.2 cm³/mol. The minimum absolute atomic E-state index is 0.559. The van der Waals surface area contributed by atoms with Crippen LogP contribution < -0.4 is 5.32 Å². The van der Waals surface area contributed by atoms with Crippen molar-refractivity contribution < 1.29 is 0 Å². The first-order chi connectivity index (χ1) is 7.57. The van der Waals surface area contributed by atoms with Crippen molar-refractivity contribution in [2.45, 2.75) is 59.0 Å². The predicted octanol–water partition coefficient (Wildman–Crippen LogP) is 2.78. The third-order valence-electron chi connectivity index (χ3n) is 3.85. The van der Waals surface area contributed by atoms with Gasteiger partial charge >= 0.3 is 0 Å². The molecule has 2 N–H and O–H groups in total. The van der Waals surface area contributed by atoms with Gasteiger partial charge in [-0.05, 0) is 38.0 Å². The number of aromatic amines is 1. The smallest absolute Gasteiger partial charge is 0.0535 e. The second-order valence-electron chi connectivity index (χ2n) is 5.84. The van der Waals surface area contributed by atoms with Gasteiger partial charge < -0.3 is 5.32 Å². The first-order valence-corrected chi connectivity index (χ1v) is 6.29. The molecule has 0 aromatic carbocycles. The Labute approximate surface area is 98.0 Å². The van der Waals surface area contributed by atoms with Crippen LogP contribution in [0.25, 0.3) is 0 Å². The molecule has 0 saturated heterocycles. The fourth-order valence-electron chi connectivity index (χ4n) is 2.41. The van der Waals surface area contributed by atoms with E-state index in [1.807, 2.05) is 6.20 Å². The van der Waals surface area contributed by atoms with Crippen molar-refractivity contribution in [3.8, 4) is 0 Å². The summed E-state index contributed by atoms with van der Waals surface area (Å²) in [7, 11) is 0. The minimum Gasteiger partial charge on any atom is -0.310 e. The molecular weight excluding hydrogens is 198 g/mol. The molecule has 1 aromatic heterocycles. The van der Waals surface area contributed by atoms with Gasteiger partial charge in [0.1, 0.15) is 0 Å². The van der Waals surface area contributed by atoms with Crippen molar-refractivity contribution in [1.29, 1.82) is 0 Å². The first kappa shape index (κ1) is 11.6. The van der Waals surface area contributed by atoms with Gasteiger partial charge in [0.15, 0.2) is 0 Å². The van der Waals surface area contributed by atoms with E-state index in [-0.39, 0.29) is 0 Å². The van der Waals surface area contributed by atoms with E-state index in [4.69, 9.17) is 0 Å². The van der Waals surface area contributed by atoms with Crippen molar-refractivity contribution in [3.05, 3.63) is 17.5 Å². The molecule has 3 nitrogen and oxygen atoms in total. The summed E-state index contributed by atoms with van der Waals surface area (Å²) in [6.45, 7) is 7.79. The topological polar surface area (TPSA) is 40.7 Å². The number of nitrogens with zero attached hydrogens (tertiary/aromatic N) is 1. The molecule has 90 valence electrons. The second kappa shape index (κ2) is 4.58. The molecule has 0 bridgehead atoms. The van der Waals surface area contributed by atoms with E-state index in [1.165, 1.54) is 36.9 Å². The van der Waals surface area contributed by atoms with E-state index >= 15 is 0 Å². The first-order valence-electron chi connectivity index (χ1n) is 6.29. The number of hydrogen-bond donors (Lipinski definition) is 2. The zero-order valence-corrected chi connectivity index (χ0v) is 10.6. The number of hydrogen-bond acceptors (Lipinski definition) is 2. The molecule has 0 spiro atoms. The van der Waals surface area contributed by atoms with Crippen molar-refractivity contribution in [1.82, 2.24) is 15.5 Å². The number of aryl methyl sites for hydroxylation is 1. The van der Waals surface area contributed by atoms with E-state index in [0.717, 1.165) is 6.54 Å². The molecule has 1 aliphatic rings. The lowest BCUT2D eigenvalue weighted by Gasteiger charge is -2.34. The van der Waals surface area contributed by atoms with Crippen molar-refractivity contribution in [2.24, 2.45) is 5.41 Å². The van der Waals surface area contributed by atoms with Crippen LogP contribution in [0.2, 0.25) is 0 Å². The van der Waals surface area contributed by atoms with E-state index < -0.39 is 0 Å². The monoisotopic (exact) mass is 221 g/mol. The van der Waals surface area contributed by atoms with E-state index in [9.17, 15) is 0 Å². The molecule has 1 fully saturated rings. The molecule has 0 aliphatic heterocycles. The Kier molecular flexibility index (Phi) is 3.33. The molecule has 2 rings (SSSR count). The van der Waals surface area contributed by atoms with Gasteiger partial charge in [-0.1, -0.05) is 13.8 Å². The van der Waals surface area contributed by atoms with Crippen LogP contribution in [0.5, 0.6) is 0 Å². The Bertz CT molecular complexity index is 331. The molecule has 0 atom stereocenters. The minimum atomic E-state index is 0.559. The van der Waals surface area contributed by atoms with Gasteiger partial charge in [0.2, 0.25) is 0 Å². The molecule has 1 heterocycles. The number of nitrogens with one attached hydrogen (secondary N) is 2. The Balaban J connectivity index is 1.78. The van der Waals surface area contributed by atoms with Gasteiger partial charge in [0, 0.05) is 23.8 Å². The lowest BCUT2D eigenvalue weighted by Crippen LogP contribution is -2.35. The standard InChI is InChI=1S/C13H23N3/c1-10-11(9-15-16-10)8-14-12-4-6-13(2,3)7-5-12/h9,12,14H,4-8H2,1-3H3,(H,15,16). The van der Waals surface area contributed by atoms with Crippen LogP contribution in [0, 0.1) is 12.3 Å². The summed E-state index contributed by atoms with van der Waals surface area (Å²) in [5.74, 6) is 0. The van der Waals surface area contributed by atoms with Crippen LogP contribution in [0.15, 0.2) is 6.20 Å². The summed E-state index contributed by atoms with van der Waals surface area (Å²) >= 11 is 0. The van der Waals surface area contributed by atoms with Gasteiger partial charge in [-0.15, -0.1) is 0 Å². The summed E-state index contributed by atoms with van der Waals surface area (Å²) in [6.07, 6.45) is 7.23. The maximum atomic E-state index is 4.04. The van der Waals surface area contributed by atoms with Crippen LogP contribution >= 0.6 is 0 Å². The number of rotatable bonds is 3. The summed E-state index contributed by atoms with van der Waals surface area (Å²) in [6, 6.07) is 0.697. The fourth-order valence-corrected chi connectivity index (χ4v) is 2.41. The highest BCUT2D eigenvalue weighted by atomic mass is 15.1. The van der Waals surface area contributed by atoms with E-state index in [1.54, 1.807) is 0 Å². The van der Waals surface area contributed by atoms with Gasteiger partial charge in [0.25, 0.3) is 0 Å². The lowest BCUT2D eigenvalue weighted by atomic mass is 9.75. The third kappa shape index (κ3) is 2.85. The summed E-state index contributed by atoms with van der Waals surface area (Å²) in [5, 5.41) is 10.7. The number of H-pyrrole nitrogens is 1. The maximum absolute atomic E-state index is 4.04. The molecule has 1 aromatic rings. The van der Waals surface area contributed by atoms with Crippen LogP contribution in [0.4, 0.5) is 0 Å². The number of aromatic nitrogens is 2. The van der Waals surface area contributed by atoms with Crippen LogP contribution in [0.1, 0.15) is 50.8 Å². The average molecular weight is 221 g/mol.